The van der Waals surface area contributed by atoms with Crippen molar-refractivity contribution in [2.45, 2.75) is 5.60 Å². The fraction of sp³-hybridized carbons (Fsp3) is 0.0345. The van der Waals surface area contributed by atoms with Crippen molar-refractivity contribution in [3.63, 3.8) is 0 Å². The van der Waals surface area contributed by atoms with Gasteiger partial charge in [0.05, 0.1) is 0 Å². The molecule has 0 unspecified atom stereocenters. The maximum absolute atomic E-state index is 13.9. The Morgan fingerprint density at radius 1 is 0.581 bits per heavy atom. The lowest BCUT2D eigenvalue weighted by atomic mass is 9.76. The Labute approximate surface area is 180 Å². The van der Waals surface area contributed by atoms with E-state index in [-0.39, 0.29) is 5.82 Å². The molecule has 1 atom stereocenters. The Morgan fingerprint density at radius 3 is 1.94 bits per heavy atom. The van der Waals surface area contributed by atoms with Crippen LogP contribution in [0.2, 0.25) is 0 Å². The maximum atomic E-state index is 13.9. The van der Waals surface area contributed by atoms with E-state index < -0.39 is 5.60 Å². The number of halogens is 1. The molecule has 31 heavy (non-hydrogen) atoms. The summed E-state index contributed by atoms with van der Waals surface area (Å²) >= 11 is 0. The Kier molecular flexibility index (Phi) is 3.94. The lowest BCUT2D eigenvalue weighted by molar-refractivity contribution is 0.213. The second-order valence-corrected chi connectivity index (χ2v) is 7.90. The van der Waals surface area contributed by atoms with E-state index in [0.717, 1.165) is 44.7 Å². The van der Waals surface area contributed by atoms with Crippen LogP contribution in [0.25, 0.3) is 23.3 Å². The molecule has 0 N–H and O–H groups in total. The molecule has 1 aliphatic heterocycles. The molecule has 0 saturated carbocycles. The molecule has 1 aliphatic carbocycles. The molecule has 1 nitrogen and oxygen atoms in total. The highest BCUT2D eigenvalue weighted by atomic mass is 19.1. The molecule has 2 aliphatic rings. The van der Waals surface area contributed by atoms with Crippen LogP contribution >= 0.6 is 0 Å². The van der Waals surface area contributed by atoms with Crippen LogP contribution in [0.1, 0.15) is 27.8 Å². The summed E-state index contributed by atoms with van der Waals surface area (Å²) in [5.74, 6) is 0.572. The highest BCUT2D eigenvalue weighted by Gasteiger charge is 2.49. The van der Waals surface area contributed by atoms with Gasteiger partial charge in [0.2, 0.25) is 0 Å². The van der Waals surface area contributed by atoms with E-state index in [9.17, 15) is 4.39 Å². The van der Waals surface area contributed by atoms with Crippen molar-refractivity contribution in [1.29, 1.82) is 0 Å². The topological polar surface area (TPSA) is 9.23 Å². The van der Waals surface area contributed by atoms with E-state index in [1.807, 2.05) is 48.5 Å². The van der Waals surface area contributed by atoms with Crippen molar-refractivity contribution in [1.82, 2.24) is 0 Å². The third-order valence-electron chi connectivity index (χ3n) is 6.13. The SMILES string of the molecule is Fc1ccc([C@]23Oc4ccccc4C2=Cc2ccccc2C=C3c2ccccc2)cc1. The third-order valence-corrected chi connectivity index (χ3v) is 6.13. The van der Waals surface area contributed by atoms with Crippen LogP contribution in [0.3, 0.4) is 0 Å². The van der Waals surface area contributed by atoms with E-state index in [1.165, 1.54) is 12.1 Å². The van der Waals surface area contributed by atoms with Crippen LogP contribution in [0, 0.1) is 5.82 Å². The van der Waals surface area contributed by atoms with Gasteiger partial charge in [-0.25, -0.2) is 4.39 Å². The first-order chi connectivity index (χ1) is 15.3. The quantitative estimate of drug-likeness (QED) is 0.344. The Bertz CT molecular complexity index is 1330. The minimum absolute atomic E-state index is 0.261. The van der Waals surface area contributed by atoms with Gasteiger partial charge >= 0.3 is 0 Å². The van der Waals surface area contributed by atoms with Crippen molar-refractivity contribution in [3.05, 3.63) is 137 Å². The summed E-state index contributed by atoms with van der Waals surface area (Å²) in [6.07, 6.45) is 4.43. The minimum atomic E-state index is -0.877. The molecule has 0 spiro atoms. The number of hydrogen-bond donors (Lipinski definition) is 0. The molecule has 0 fully saturated rings. The van der Waals surface area contributed by atoms with Crippen molar-refractivity contribution >= 4 is 23.3 Å². The lowest BCUT2D eigenvalue weighted by Crippen LogP contribution is -2.32. The van der Waals surface area contributed by atoms with Gasteiger partial charge in [0.25, 0.3) is 0 Å². The van der Waals surface area contributed by atoms with Crippen LogP contribution in [0.15, 0.2) is 103 Å². The molecule has 1 heterocycles. The number of fused-ring (bicyclic) bond motifs is 4. The first-order valence-corrected chi connectivity index (χ1v) is 10.4. The fourth-order valence-corrected chi connectivity index (χ4v) is 4.71. The van der Waals surface area contributed by atoms with Crippen molar-refractivity contribution < 1.29 is 9.13 Å². The zero-order chi connectivity index (χ0) is 20.8. The van der Waals surface area contributed by atoms with E-state index in [4.69, 9.17) is 4.74 Å². The molecule has 0 aromatic heterocycles. The smallest absolute Gasteiger partial charge is 0.185 e. The second kappa shape index (κ2) is 6.82. The minimum Gasteiger partial charge on any atom is -0.472 e. The number of para-hydroxylation sites is 1. The van der Waals surface area contributed by atoms with Gasteiger partial charge in [-0.15, -0.1) is 0 Å². The summed E-state index contributed by atoms with van der Waals surface area (Å²) in [6.45, 7) is 0. The predicted octanol–water partition coefficient (Wildman–Crippen LogP) is 7.21. The highest BCUT2D eigenvalue weighted by molar-refractivity contribution is 6.07. The molecule has 0 saturated heterocycles. The monoisotopic (exact) mass is 402 g/mol. The van der Waals surface area contributed by atoms with Gasteiger partial charge in [0.15, 0.2) is 5.60 Å². The van der Waals surface area contributed by atoms with Crippen molar-refractivity contribution in [2.75, 3.05) is 0 Å². The average molecular weight is 402 g/mol. The highest BCUT2D eigenvalue weighted by Crippen LogP contribution is 2.58. The van der Waals surface area contributed by atoms with Gasteiger partial charge in [-0.1, -0.05) is 84.9 Å². The van der Waals surface area contributed by atoms with Crippen LogP contribution < -0.4 is 4.74 Å². The summed E-state index contributed by atoms with van der Waals surface area (Å²) in [6, 6.07) is 33.5. The molecule has 148 valence electrons. The van der Waals surface area contributed by atoms with Crippen LogP contribution in [-0.2, 0) is 5.60 Å². The molecule has 6 rings (SSSR count). The molecule has 0 radical (unpaired) electrons. The molecular weight excluding hydrogens is 383 g/mol. The Balaban J connectivity index is 1.75. The van der Waals surface area contributed by atoms with E-state index in [0.29, 0.717) is 0 Å². The van der Waals surface area contributed by atoms with Gasteiger partial charge in [-0.05, 0) is 47.0 Å². The first kappa shape index (κ1) is 17.9. The lowest BCUT2D eigenvalue weighted by Gasteiger charge is -2.34. The second-order valence-electron chi connectivity index (χ2n) is 7.90. The number of ether oxygens (including phenoxy) is 1. The maximum Gasteiger partial charge on any atom is 0.185 e. The van der Waals surface area contributed by atoms with Gasteiger partial charge in [0, 0.05) is 22.3 Å². The largest absolute Gasteiger partial charge is 0.472 e. The molecule has 0 amide bonds. The van der Waals surface area contributed by atoms with E-state index in [1.54, 1.807) is 0 Å². The fourth-order valence-electron chi connectivity index (χ4n) is 4.71. The Morgan fingerprint density at radius 2 is 1.19 bits per heavy atom. The van der Waals surface area contributed by atoms with Gasteiger partial charge in [-0.2, -0.15) is 0 Å². The van der Waals surface area contributed by atoms with E-state index in [2.05, 4.69) is 54.6 Å². The summed E-state index contributed by atoms with van der Waals surface area (Å²) in [7, 11) is 0. The Hall–Kier alpha value is -3.91. The number of benzene rings is 4. The predicted molar refractivity (Wildman–Crippen MR) is 124 cm³/mol. The zero-order valence-electron chi connectivity index (χ0n) is 16.8. The summed E-state index contributed by atoms with van der Waals surface area (Å²) < 4.78 is 20.7. The standard InChI is InChI=1S/C29H19FO/c30-24-16-14-23(15-17-24)29-26(20-8-2-1-3-9-20)18-21-10-4-5-11-22(21)19-27(29)25-12-6-7-13-28(25)31-29/h1-19H/t29-/m1/s1. The summed E-state index contributed by atoms with van der Waals surface area (Å²) in [5, 5.41) is 0. The first-order valence-electron chi connectivity index (χ1n) is 10.4. The molecule has 4 aromatic rings. The molecular formula is C29H19FO. The van der Waals surface area contributed by atoms with E-state index >= 15 is 0 Å². The van der Waals surface area contributed by atoms with Gasteiger partial charge in [0.1, 0.15) is 11.6 Å². The zero-order valence-corrected chi connectivity index (χ0v) is 16.8. The van der Waals surface area contributed by atoms with Crippen LogP contribution in [-0.4, -0.2) is 0 Å². The molecule has 4 aromatic carbocycles. The van der Waals surface area contributed by atoms with Crippen LogP contribution in [0.5, 0.6) is 5.75 Å². The normalized spacial score (nSPS) is 18.6. The number of hydrogen-bond acceptors (Lipinski definition) is 1. The average Bonchev–Trinajstić information content (AvgIpc) is 3.06. The molecule has 2 heteroatoms. The van der Waals surface area contributed by atoms with Crippen molar-refractivity contribution in [3.8, 4) is 5.75 Å². The van der Waals surface area contributed by atoms with Crippen molar-refractivity contribution in [2.24, 2.45) is 0 Å². The number of rotatable bonds is 2. The summed E-state index contributed by atoms with van der Waals surface area (Å²) in [4.78, 5) is 0. The summed E-state index contributed by atoms with van der Waals surface area (Å²) in [5.41, 5.74) is 6.52. The van der Waals surface area contributed by atoms with Crippen LogP contribution in [0.4, 0.5) is 4.39 Å². The third kappa shape index (κ3) is 2.69. The van der Waals surface area contributed by atoms with Gasteiger partial charge in [-0.3, -0.25) is 0 Å². The van der Waals surface area contributed by atoms with Gasteiger partial charge < -0.3 is 4.74 Å². The molecule has 0 bridgehead atoms.